The van der Waals surface area contributed by atoms with E-state index in [1.54, 1.807) is 0 Å². The van der Waals surface area contributed by atoms with Gasteiger partial charge in [-0.3, -0.25) is 4.90 Å². The quantitative estimate of drug-likeness (QED) is 0.699. The van der Waals surface area contributed by atoms with Gasteiger partial charge < -0.3 is 9.47 Å². The molecule has 2 aliphatic rings. The molecule has 0 amide bonds. The number of ether oxygens (including phenoxy) is 2. The molecule has 1 aromatic rings. The van der Waals surface area contributed by atoms with Crippen molar-refractivity contribution in [1.82, 2.24) is 4.90 Å². The van der Waals surface area contributed by atoms with Crippen molar-refractivity contribution in [3.8, 4) is 0 Å². The Morgan fingerprint density at radius 2 is 1.59 bits per heavy atom. The second-order valence-electron chi connectivity index (χ2n) is 5.09. The van der Waals surface area contributed by atoms with Crippen molar-refractivity contribution in [2.75, 3.05) is 26.3 Å². The molecule has 17 heavy (non-hydrogen) atoms. The van der Waals surface area contributed by atoms with Crippen LogP contribution in [0, 0.1) is 6.92 Å². The molecule has 3 heteroatoms. The Morgan fingerprint density at radius 3 is 2.06 bits per heavy atom. The van der Waals surface area contributed by atoms with Crippen molar-refractivity contribution in [1.29, 1.82) is 0 Å². The van der Waals surface area contributed by atoms with E-state index < -0.39 is 0 Å². The number of hydrogen-bond donors (Lipinski definition) is 0. The number of rotatable bonds is 6. The SMILES string of the molecule is Cc1ccc(CN(CC2CO2)CC2CO2)cc1. The highest BCUT2D eigenvalue weighted by Crippen LogP contribution is 2.18. The molecule has 0 N–H and O–H groups in total. The Hall–Kier alpha value is -0.900. The third kappa shape index (κ3) is 3.53. The fourth-order valence-corrected chi connectivity index (χ4v) is 2.08. The normalized spacial score (nSPS) is 26.2. The summed E-state index contributed by atoms with van der Waals surface area (Å²) in [4.78, 5) is 2.44. The minimum absolute atomic E-state index is 0.458. The lowest BCUT2D eigenvalue weighted by molar-refractivity contribution is 0.213. The van der Waals surface area contributed by atoms with Gasteiger partial charge in [0.05, 0.1) is 25.4 Å². The number of aryl methyl sites for hydroxylation is 1. The molecule has 92 valence electrons. The molecule has 2 fully saturated rings. The highest BCUT2D eigenvalue weighted by atomic mass is 16.6. The van der Waals surface area contributed by atoms with Gasteiger partial charge in [0, 0.05) is 19.6 Å². The fraction of sp³-hybridized carbons (Fsp3) is 0.571. The molecule has 2 saturated heterocycles. The smallest absolute Gasteiger partial charge is 0.0936 e. The molecule has 3 nitrogen and oxygen atoms in total. The van der Waals surface area contributed by atoms with Crippen LogP contribution in [0.2, 0.25) is 0 Å². The third-order valence-corrected chi connectivity index (χ3v) is 3.26. The molecule has 0 radical (unpaired) electrons. The van der Waals surface area contributed by atoms with E-state index in [9.17, 15) is 0 Å². The van der Waals surface area contributed by atoms with Crippen LogP contribution in [0.25, 0.3) is 0 Å². The minimum Gasteiger partial charge on any atom is -0.372 e. The van der Waals surface area contributed by atoms with Gasteiger partial charge in [-0.25, -0.2) is 0 Å². The van der Waals surface area contributed by atoms with Gasteiger partial charge in [-0.1, -0.05) is 29.8 Å². The first-order chi connectivity index (χ1) is 8.29. The molecule has 0 spiro atoms. The average molecular weight is 233 g/mol. The summed E-state index contributed by atoms with van der Waals surface area (Å²) >= 11 is 0. The zero-order valence-corrected chi connectivity index (χ0v) is 10.3. The standard InChI is InChI=1S/C14H19NO2/c1-11-2-4-12(5-3-11)6-15(7-13-9-16-13)8-14-10-17-14/h2-5,13-14H,6-10H2,1H3. The van der Waals surface area contributed by atoms with Crippen LogP contribution in [0.4, 0.5) is 0 Å². The lowest BCUT2D eigenvalue weighted by Crippen LogP contribution is -2.31. The summed E-state index contributed by atoms with van der Waals surface area (Å²) in [5.74, 6) is 0. The van der Waals surface area contributed by atoms with E-state index in [4.69, 9.17) is 9.47 Å². The van der Waals surface area contributed by atoms with E-state index in [-0.39, 0.29) is 0 Å². The lowest BCUT2D eigenvalue weighted by Gasteiger charge is -2.20. The first kappa shape index (κ1) is 11.2. The zero-order valence-electron chi connectivity index (χ0n) is 10.3. The van der Waals surface area contributed by atoms with Crippen LogP contribution in [0.3, 0.4) is 0 Å². The molecule has 0 aliphatic carbocycles. The molecule has 0 bridgehead atoms. The second kappa shape index (κ2) is 4.77. The van der Waals surface area contributed by atoms with Gasteiger partial charge in [0.1, 0.15) is 0 Å². The van der Waals surface area contributed by atoms with Crippen LogP contribution in [-0.4, -0.2) is 43.4 Å². The van der Waals surface area contributed by atoms with Crippen molar-refractivity contribution in [2.45, 2.75) is 25.7 Å². The van der Waals surface area contributed by atoms with Crippen molar-refractivity contribution in [3.05, 3.63) is 35.4 Å². The Kier molecular flexibility index (Phi) is 3.14. The summed E-state index contributed by atoms with van der Waals surface area (Å²) in [6.45, 7) is 7.05. The Labute approximate surface area is 102 Å². The van der Waals surface area contributed by atoms with E-state index in [1.807, 2.05) is 0 Å². The van der Waals surface area contributed by atoms with Gasteiger partial charge in [-0.15, -0.1) is 0 Å². The maximum Gasteiger partial charge on any atom is 0.0936 e. The Bertz CT molecular complexity index is 354. The molecule has 0 saturated carbocycles. The fourth-order valence-electron chi connectivity index (χ4n) is 2.08. The summed E-state index contributed by atoms with van der Waals surface area (Å²) in [7, 11) is 0. The summed E-state index contributed by atoms with van der Waals surface area (Å²) in [5, 5.41) is 0. The predicted molar refractivity (Wildman–Crippen MR) is 65.9 cm³/mol. The third-order valence-electron chi connectivity index (χ3n) is 3.26. The van der Waals surface area contributed by atoms with E-state index >= 15 is 0 Å². The van der Waals surface area contributed by atoms with Crippen molar-refractivity contribution in [2.24, 2.45) is 0 Å². The first-order valence-corrected chi connectivity index (χ1v) is 6.31. The number of hydrogen-bond acceptors (Lipinski definition) is 3. The van der Waals surface area contributed by atoms with Crippen LogP contribution in [0.1, 0.15) is 11.1 Å². The molecule has 1 aromatic carbocycles. The number of benzene rings is 1. The van der Waals surface area contributed by atoms with E-state index in [0.717, 1.165) is 32.8 Å². The van der Waals surface area contributed by atoms with E-state index in [1.165, 1.54) is 11.1 Å². The second-order valence-corrected chi connectivity index (χ2v) is 5.09. The van der Waals surface area contributed by atoms with E-state index in [0.29, 0.717) is 12.2 Å². The van der Waals surface area contributed by atoms with Crippen LogP contribution >= 0.6 is 0 Å². The Morgan fingerprint density at radius 1 is 1.06 bits per heavy atom. The van der Waals surface area contributed by atoms with Gasteiger partial charge in [-0.2, -0.15) is 0 Å². The predicted octanol–water partition coefficient (Wildman–Crippen LogP) is 1.59. The molecule has 2 unspecified atom stereocenters. The maximum absolute atomic E-state index is 5.32. The summed E-state index contributed by atoms with van der Waals surface area (Å²) in [6, 6.07) is 8.78. The topological polar surface area (TPSA) is 28.3 Å². The van der Waals surface area contributed by atoms with Crippen molar-refractivity contribution >= 4 is 0 Å². The maximum atomic E-state index is 5.32. The molecular formula is C14H19NO2. The summed E-state index contributed by atoms with van der Waals surface area (Å²) in [5.41, 5.74) is 2.69. The van der Waals surface area contributed by atoms with E-state index in [2.05, 4.69) is 36.1 Å². The largest absolute Gasteiger partial charge is 0.372 e. The number of nitrogens with zero attached hydrogens (tertiary/aromatic N) is 1. The van der Waals surface area contributed by atoms with Gasteiger partial charge in [-0.05, 0) is 12.5 Å². The Balaban J connectivity index is 1.58. The average Bonchev–Trinajstić information content (AvgIpc) is 3.17. The molecular weight excluding hydrogens is 214 g/mol. The molecule has 0 aromatic heterocycles. The van der Waals surface area contributed by atoms with Gasteiger partial charge >= 0.3 is 0 Å². The van der Waals surface area contributed by atoms with Crippen LogP contribution < -0.4 is 0 Å². The van der Waals surface area contributed by atoms with Crippen molar-refractivity contribution < 1.29 is 9.47 Å². The molecule has 2 atom stereocenters. The van der Waals surface area contributed by atoms with Crippen LogP contribution in [0.15, 0.2) is 24.3 Å². The van der Waals surface area contributed by atoms with Gasteiger partial charge in [0.2, 0.25) is 0 Å². The molecule has 2 aliphatic heterocycles. The highest BCUT2D eigenvalue weighted by molar-refractivity contribution is 5.21. The monoisotopic (exact) mass is 233 g/mol. The lowest BCUT2D eigenvalue weighted by atomic mass is 10.1. The minimum atomic E-state index is 0.458. The molecule has 3 rings (SSSR count). The van der Waals surface area contributed by atoms with Crippen LogP contribution in [0.5, 0.6) is 0 Å². The highest BCUT2D eigenvalue weighted by Gasteiger charge is 2.30. The molecule has 2 heterocycles. The van der Waals surface area contributed by atoms with Gasteiger partial charge in [0.15, 0.2) is 0 Å². The van der Waals surface area contributed by atoms with Crippen LogP contribution in [-0.2, 0) is 16.0 Å². The van der Waals surface area contributed by atoms with Gasteiger partial charge in [0.25, 0.3) is 0 Å². The zero-order chi connectivity index (χ0) is 11.7. The van der Waals surface area contributed by atoms with Crippen molar-refractivity contribution in [3.63, 3.8) is 0 Å². The summed E-state index contributed by atoms with van der Waals surface area (Å²) in [6.07, 6.45) is 0.915. The number of epoxide rings is 2. The first-order valence-electron chi connectivity index (χ1n) is 6.31. The summed E-state index contributed by atoms with van der Waals surface area (Å²) < 4.78 is 10.6.